The average molecular weight is 207 g/mol. The van der Waals surface area contributed by atoms with Gasteiger partial charge < -0.3 is 16.8 Å². The van der Waals surface area contributed by atoms with Crippen LogP contribution >= 0.6 is 0 Å². The van der Waals surface area contributed by atoms with E-state index in [2.05, 4.69) is 5.32 Å². The predicted octanol–water partition coefficient (Wildman–Crippen LogP) is 0.151. The molecule has 5 N–H and O–H groups in total. The number of carbonyl (C=O) groups excluding carboxylic acids is 1. The first-order chi connectivity index (χ1) is 7.25. The van der Waals surface area contributed by atoms with E-state index in [0.29, 0.717) is 13.1 Å². The Balaban J connectivity index is 2.46. The van der Waals surface area contributed by atoms with Crippen LogP contribution in [0.4, 0.5) is 0 Å². The molecule has 0 aliphatic rings. The summed E-state index contributed by atoms with van der Waals surface area (Å²) in [7, 11) is 0. The van der Waals surface area contributed by atoms with Gasteiger partial charge in [-0.15, -0.1) is 0 Å². The summed E-state index contributed by atoms with van der Waals surface area (Å²) < 4.78 is 0. The monoisotopic (exact) mass is 207 g/mol. The SMILES string of the molecule is NCCCNC(=O)C(N)c1ccccc1. The lowest BCUT2D eigenvalue weighted by Crippen LogP contribution is -2.35. The third-order valence-electron chi connectivity index (χ3n) is 2.12. The first kappa shape index (κ1) is 11.7. The second-order valence-corrected chi connectivity index (χ2v) is 3.32. The normalized spacial score (nSPS) is 12.1. The first-order valence-electron chi connectivity index (χ1n) is 5.04. The second-order valence-electron chi connectivity index (χ2n) is 3.32. The highest BCUT2D eigenvalue weighted by Gasteiger charge is 2.13. The van der Waals surface area contributed by atoms with E-state index in [1.54, 1.807) is 0 Å². The zero-order valence-electron chi connectivity index (χ0n) is 8.65. The summed E-state index contributed by atoms with van der Waals surface area (Å²) in [6.45, 7) is 1.15. The lowest BCUT2D eigenvalue weighted by molar-refractivity contribution is -0.122. The van der Waals surface area contributed by atoms with Crippen LogP contribution in [0, 0.1) is 0 Å². The van der Waals surface area contributed by atoms with Crippen molar-refractivity contribution in [3.8, 4) is 0 Å². The number of hydrogen-bond acceptors (Lipinski definition) is 3. The number of nitrogens with one attached hydrogen (secondary N) is 1. The Bertz CT molecular complexity index is 300. The lowest BCUT2D eigenvalue weighted by atomic mass is 10.1. The van der Waals surface area contributed by atoms with Gasteiger partial charge in [0, 0.05) is 6.54 Å². The van der Waals surface area contributed by atoms with Gasteiger partial charge >= 0.3 is 0 Å². The van der Waals surface area contributed by atoms with Crippen LogP contribution in [0.15, 0.2) is 30.3 Å². The van der Waals surface area contributed by atoms with Crippen LogP contribution < -0.4 is 16.8 Å². The molecular formula is C11H17N3O. The molecule has 0 aliphatic heterocycles. The van der Waals surface area contributed by atoms with E-state index in [9.17, 15) is 4.79 Å². The summed E-state index contributed by atoms with van der Waals surface area (Å²) in [5.41, 5.74) is 11.9. The molecule has 1 aromatic carbocycles. The summed E-state index contributed by atoms with van der Waals surface area (Å²) in [5.74, 6) is -0.158. The van der Waals surface area contributed by atoms with E-state index in [-0.39, 0.29) is 5.91 Å². The Labute approximate surface area is 89.6 Å². The third-order valence-corrected chi connectivity index (χ3v) is 2.12. The lowest BCUT2D eigenvalue weighted by Gasteiger charge is -2.11. The van der Waals surface area contributed by atoms with Crippen LogP contribution in [0.1, 0.15) is 18.0 Å². The molecule has 0 radical (unpaired) electrons. The van der Waals surface area contributed by atoms with Crippen molar-refractivity contribution < 1.29 is 4.79 Å². The van der Waals surface area contributed by atoms with E-state index in [0.717, 1.165) is 12.0 Å². The number of amides is 1. The first-order valence-corrected chi connectivity index (χ1v) is 5.04. The Morgan fingerprint density at radius 3 is 2.60 bits per heavy atom. The van der Waals surface area contributed by atoms with Crippen LogP contribution in [0.25, 0.3) is 0 Å². The molecule has 0 heterocycles. The van der Waals surface area contributed by atoms with Crippen molar-refractivity contribution in [1.29, 1.82) is 0 Å². The molecule has 0 spiro atoms. The fraction of sp³-hybridized carbons (Fsp3) is 0.364. The number of hydrogen-bond donors (Lipinski definition) is 3. The van der Waals surface area contributed by atoms with Gasteiger partial charge in [0.25, 0.3) is 0 Å². The molecular weight excluding hydrogens is 190 g/mol. The number of rotatable bonds is 5. The van der Waals surface area contributed by atoms with E-state index in [1.807, 2.05) is 30.3 Å². The van der Waals surface area contributed by atoms with Crippen LogP contribution in [0.2, 0.25) is 0 Å². The molecule has 1 unspecified atom stereocenters. The summed E-state index contributed by atoms with van der Waals surface area (Å²) in [6, 6.07) is 8.71. The Morgan fingerprint density at radius 1 is 1.33 bits per heavy atom. The summed E-state index contributed by atoms with van der Waals surface area (Å²) in [5, 5.41) is 2.74. The van der Waals surface area contributed by atoms with Crippen LogP contribution in [0.3, 0.4) is 0 Å². The molecule has 1 rings (SSSR count). The zero-order valence-corrected chi connectivity index (χ0v) is 8.65. The van der Waals surface area contributed by atoms with Crippen molar-refractivity contribution in [2.24, 2.45) is 11.5 Å². The maximum atomic E-state index is 11.5. The molecule has 4 nitrogen and oxygen atoms in total. The minimum absolute atomic E-state index is 0.158. The van der Waals surface area contributed by atoms with Crippen LogP contribution in [-0.2, 0) is 4.79 Å². The largest absolute Gasteiger partial charge is 0.354 e. The molecule has 4 heteroatoms. The number of carbonyl (C=O) groups is 1. The number of nitrogens with two attached hydrogens (primary N) is 2. The minimum atomic E-state index is -0.594. The molecule has 0 bridgehead atoms. The van der Waals surface area contributed by atoms with Gasteiger partial charge in [-0.2, -0.15) is 0 Å². The van der Waals surface area contributed by atoms with E-state index < -0.39 is 6.04 Å². The number of benzene rings is 1. The topological polar surface area (TPSA) is 81.1 Å². The molecule has 0 saturated carbocycles. The Hall–Kier alpha value is -1.39. The maximum absolute atomic E-state index is 11.5. The predicted molar refractivity (Wildman–Crippen MR) is 60.1 cm³/mol. The van der Waals surface area contributed by atoms with Crippen molar-refractivity contribution in [2.45, 2.75) is 12.5 Å². The Kier molecular flexibility index (Phi) is 4.80. The highest BCUT2D eigenvalue weighted by atomic mass is 16.2. The molecule has 1 amide bonds. The molecule has 0 fully saturated rings. The second kappa shape index (κ2) is 6.16. The highest BCUT2D eigenvalue weighted by molar-refractivity contribution is 5.82. The fourth-order valence-corrected chi connectivity index (χ4v) is 1.24. The van der Waals surface area contributed by atoms with Gasteiger partial charge in [-0.3, -0.25) is 4.79 Å². The van der Waals surface area contributed by atoms with Crippen molar-refractivity contribution in [2.75, 3.05) is 13.1 Å². The van der Waals surface area contributed by atoms with Crippen molar-refractivity contribution in [3.05, 3.63) is 35.9 Å². The molecule has 15 heavy (non-hydrogen) atoms. The summed E-state index contributed by atoms with van der Waals surface area (Å²) >= 11 is 0. The standard InChI is InChI=1S/C11H17N3O/c12-7-4-8-14-11(15)10(13)9-5-2-1-3-6-9/h1-3,5-6,10H,4,7-8,12-13H2,(H,14,15). The highest BCUT2D eigenvalue weighted by Crippen LogP contribution is 2.08. The molecule has 0 aromatic heterocycles. The van der Waals surface area contributed by atoms with E-state index in [4.69, 9.17) is 11.5 Å². The molecule has 0 aliphatic carbocycles. The van der Waals surface area contributed by atoms with E-state index >= 15 is 0 Å². The molecule has 1 aromatic rings. The smallest absolute Gasteiger partial charge is 0.241 e. The average Bonchev–Trinajstić information content (AvgIpc) is 2.29. The third kappa shape index (κ3) is 3.69. The summed E-state index contributed by atoms with van der Waals surface area (Å²) in [6.07, 6.45) is 0.771. The van der Waals surface area contributed by atoms with Crippen molar-refractivity contribution in [1.82, 2.24) is 5.32 Å². The Morgan fingerprint density at radius 2 is 2.00 bits per heavy atom. The molecule has 0 saturated heterocycles. The molecule has 82 valence electrons. The molecule has 1 atom stereocenters. The quantitative estimate of drug-likeness (QED) is 0.601. The maximum Gasteiger partial charge on any atom is 0.241 e. The van der Waals surface area contributed by atoms with Gasteiger partial charge in [-0.25, -0.2) is 0 Å². The van der Waals surface area contributed by atoms with Gasteiger partial charge in [0.2, 0.25) is 5.91 Å². The summed E-state index contributed by atoms with van der Waals surface area (Å²) in [4.78, 5) is 11.5. The minimum Gasteiger partial charge on any atom is -0.354 e. The fourth-order valence-electron chi connectivity index (χ4n) is 1.24. The van der Waals surface area contributed by atoms with Crippen molar-refractivity contribution >= 4 is 5.91 Å². The van der Waals surface area contributed by atoms with Gasteiger partial charge in [-0.1, -0.05) is 30.3 Å². The van der Waals surface area contributed by atoms with Gasteiger partial charge in [-0.05, 0) is 18.5 Å². The van der Waals surface area contributed by atoms with Crippen LogP contribution in [-0.4, -0.2) is 19.0 Å². The van der Waals surface area contributed by atoms with E-state index in [1.165, 1.54) is 0 Å². The van der Waals surface area contributed by atoms with Gasteiger partial charge in [0.05, 0.1) is 0 Å². The van der Waals surface area contributed by atoms with Crippen molar-refractivity contribution in [3.63, 3.8) is 0 Å². The zero-order chi connectivity index (χ0) is 11.1. The van der Waals surface area contributed by atoms with Crippen LogP contribution in [0.5, 0.6) is 0 Å². The van der Waals surface area contributed by atoms with Gasteiger partial charge in [0.1, 0.15) is 6.04 Å². The van der Waals surface area contributed by atoms with Gasteiger partial charge in [0.15, 0.2) is 0 Å².